The van der Waals surface area contributed by atoms with Gasteiger partial charge in [0.15, 0.2) is 0 Å². The van der Waals surface area contributed by atoms with E-state index in [4.69, 9.17) is 5.11 Å². The van der Waals surface area contributed by atoms with E-state index >= 15 is 0 Å². The Bertz CT molecular complexity index is 665. The number of hydrogen-bond donors (Lipinski definition) is 2. The zero-order chi connectivity index (χ0) is 14.6. The van der Waals surface area contributed by atoms with E-state index in [-0.39, 0.29) is 18.0 Å². The molecule has 2 rings (SSSR count). The van der Waals surface area contributed by atoms with Crippen LogP contribution in [-0.2, 0) is 30.1 Å². The maximum Gasteiger partial charge on any atom is 0.242 e. The quantitative estimate of drug-likeness (QED) is 0.809. The molecular weight excluding hydrogens is 278 g/mol. The standard InChI is InChI=1S/C13H17N3O3S/c1-16-9-13(8-12(16)10-17)20(18,19)15-7-5-11-4-2-3-6-14-11/h2-4,6,8-9,15,17H,5,7,10H2,1H3. The SMILES string of the molecule is Cn1cc(S(=O)(=O)NCCc2ccccn2)cc1CO. The lowest BCUT2D eigenvalue weighted by Gasteiger charge is -2.04. The highest BCUT2D eigenvalue weighted by molar-refractivity contribution is 7.89. The summed E-state index contributed by atoms with van der Waals surface area (Å²) in [4.78, 5) is 4.29. The van der Waals surface area contributed by atoms with Crippen LogP contribution in [0.15, 0.2) is 41.6 Å². The Hall–Kier alpha value is -1.70. The van der Waals surface area contributed by atoms with Gasteiger partial charge in [0.1, 0.15) is 0 Å². The van der Waals surface area contributed by atoms with E-state index in [1.807, 2.05) is 18.2 Å². The molecule has 0 spiro atoms. The number of aromatic nitrogens is 2. The Morgan fingerprint density at radius 2 is 2.20 bits per heavy atom. The first-order chi connectivity index (χ1) is 9.53. The highest BCUT2D eigenvalue weighted by atomic mass is 32.2. The van der Waals surface area contributed by atoms with Crippen molar-refractivity contribution < 1.29 is 13.5 Å². The van der Waals surface area contributed by atoms with E-state index in [2.05, 4.69) is 9.71 Å². The van der Waals surface area contributed by atoms with Gasteiger partial charge in [0, 0.05) is 43.8 Å². The Morgan fingerprint density at radius 1 is 1.40 bits per heavy atom. The average Bonchev–Trinajstić information content (AvgIpc) is 2.82. The van der Waals surface area contributed by atoms with Gasteiger partial charge in [0.2, 0.25) is 10.0 Å². The maximum atomic E-state index is 12.1. The predicted octanol–water partition coefficient (Wildman–Crippen LogP) is 0.433. The average molecular weight is 295 g/mol. The molecule has 0 aliphatic heterocycles. The van der Waals surface area contributed by atoms with Gasteiger partial charge in [0.05, 0.1) is 11.5 Å². The van der Waals surface area contributed by atoms with Gasteiger partial charge in [-0.25, -0.2) is 13.1 Å². The first-order valence-corrected chi connectivity index (χ1v) is 7.67. The number of aryl methyl sites for hydroxylation is 1. The number of nitrogens with zero attached hydrogens (tertiary/aromatic N) is 2. The number of rotatable bonds is 6. The molecule has 0 aliphatic carbocycles. The second-order valence-electron chi connectivity index (χ2n) is 4.41. The van der Waals surface area contributed by atoms with Crippen molar-refractivity contribution in [2.24, 2.45) is 7.05 Å². The summed E-state index contributed by atoms with van der Waals surface area (Å²) in [5, 5.41) is 9.08. The zero-order valence-electron chi connectivity index (χ0n) is 11.2. The third-order valence-corrected chi connectivity index (χ3v) is 4.38. The van der Waals surface area contributed by atoms with Crippen LogP contribution in [0.4, 0.5) is 0 Å². The van der Waals surface area contributed by atoms with Crippen molar-refractivity contribution in [2.45, 2.75) is 17.9 Å². The lowest BCUT2D eigenvalue weighted by atomic mass is 10.3. The van der Waals surface area contributed by atoms with Gasteiger partial charge in [-0.3, -0.25) is 4.98 Å². The fraction of sp³-hybridized carbons (Fsp3) is 0.308. The van der Waals surface area contributed by atoms with Gasteiger partial charge in [-0.15, -0.1) is 0 Å². The van der Waals surface area contributed by atoms with Crippen LogP contribution in [-0.4, -0.2) is 29.6 Å². The van der Waals surface area contributed by atoms with Crippen LogP contribution in [0.2, 0.25) is 0 Å². The smallest absolute Gasteiger partial charge is 0.242 e. The minimum atomic E-state index is -3.55. The van der Waals surface area contributed by atoms with Crippen molar-refractivity contribution in [3.8, 4) is 0 Å². The maximum absolute atomic E-state index is 12.1. The molecular formula is C13H17N3O3S. The van der Waals surface area contributed by atoms with Gasteiger partial charge in [-0.1, -0.05) is 6.07 Å². The number of hydrogen-bond acceptors (Lipinski definition) is 4. The van der Waals surface area contributed by atoms with Crippen molar-refractivity contribution in [2.75, 3.05) is 6.54 Å². The Morgan fingerprint density at radius 3 is 2.80 bits per heavy atom. The Balaban J connectivity index is 2.00. The van der Waals surface area contributed by atoms with Gasteiger partial charge >= 0.3 is 0 Å². The minimum Gasteiger partial charge on any atom is -0.390 e. The summed E-state index contributed by atoms with van der Waals surface area (Å²) in [6.45, 7) is 0.0860. The first-order valence-electron chi connectivity index (χ1n) is 6.18. The van der Waals surface area contributed by atoms with Crippen LogP contribution < -0.4 is 4.72 Å². The van der Waals surface area contributed by atoms with Crippen LogP contribution in [0, 0.1) is 0 Å². The van der Waals surface area contributed by atoms with E-state index in [1.165, 1.54) is 12.3 Å². The molecule has 0 atom stereocenters. The summed E-state index contributed by atoms with van der Waals surface area (Å²) in [6.07, 6.45) is 3.68. The van der Waals surface area contributed by atoms with Crippen molar-refractivity contribution >= 4 is 10.0 Å². The molecule has 0 aliphatic rings. The third-order valence-electron chi connectivity index (χ3n) is 2.95. The molecule has 0 radical (unpaired) electrons. The normalized spacial score (nSPS) is 11.7. The van der Waals surface area contributed by atoms with Crippen molar-refractivity contribution in [3.05, 3.63) is 48.0 Å². The number of sulfonamides is 1. The number of nitrogens with one attached hydrogen (secondary N) is 1. The minimum absolute atomic E-state index is 0.157. The Kier molecular flexibility index (Phi) is 4.53. The van der Waals surface area contributed by atoms with Crippen LogP contribution in [0.1, 0.15) is 11.4 Å². The third kappa shape index (κ3) is 3.44. The molecule has 0 saturated heterocycles. The molecule has 6 nitrogen and oxygen atoms in total. The highest BCUT2D eigenvalue weighted by Gasteiger charge is 2.16. The van der Waals surface area contributed by atoms with Crippen LogP contribution >= 0.6 is 0 Å². The molecule has 0 fully saturated rings. The van der Waals surface area contributed by atoms with E-state index in [0.29, 0.717) is 12.1 Å². The molecule has 2 aromatic heterocycles. The van der Waals surface area contributed by atoms with E-state index < -0.39 is 10.0 Å². The summed E-state index contributed by atoms with van der Waals surface area (Å²) in [5.41, 5.74) is 1.38. The largest absolute Gasteiger partial charge is 0.390 e. The molecule has 2 aromatic rings. The summed E-state index contributed by atoms with van der Waals surface area (Å²) < 4.78 is 28.3. The van der Waals surface area contributed by atoms with Gasteiger partial charge in [-0.2, -0.15) is 0 Å². The summed E-state index contributed by atoms with van der Waals surface area (Å²) in [6, 6.07) is 6.99. The fourth-order valence-electron chi connectivity index (χ4n) is 1.82. The second-order valence-corrected chi connectivity index (χ2v) is 6.17. The van der Waals surface area contributed by atoms with Crippen molar-refractivity contribution in [3.63, 3.8) is 0 Å². The highest BCUT2D eigenvalue weighted by Crippen LogP contribution is 2.13. The van der Waals surface area contributed by atoms with Crippen LogP contribution in [0.25, 0.3) is 0 Å². The second kappa shape index (κ2) is 6.17. The number of pyridine rings is 1. The summed E-state index contributed by atoms with van der Waals surface area (Å²) >= 11 is 0. The molecule has 108 valence electrons. The summed E-state index contributed by atoms with van der Waals surface area (Å²) in [5.74, 6) is 0. The van der Waals surface area contributed by atoms with Gasteiger partial charge < -0.3 is 9.67 Å². The van der Waals surface area contributed by atoms with E-state index in [0.717, 1.165) is 5.69 Å². The lowest BCUT2D eigenvalue weighted by Crippen LogP contribution is -2.25. The molecule has 0 unspecified atom stereocenters. The molecule has 20 heavy (non-hydrogen) atoms. The van der Waals surface area contributed by atoms with Gasteiger partial charge in [0.25, 0.3) is 0 Å². The molecule has 2 N–H and O–H groups in total. The van der Waals surface area contributed by atoms with E-state index in [1.54, 1.807) is 17.8 Å². The fourth-order valence-corrected chi connectivity index (χ4v) is 2.95. The molecule has 0 aromatic carbocycles. The molecule has 0 bridgehead atoms. The van der Waals surface area contributed by atoms with Crippen molar-refractivity contribution in [1.29, 1.82) is 0 Å². The zero-order valence-corrected chi connectivity index (χ0v) is 12.0. The summed E-state index contributed by atoms with van der Waals surface area (Å²) in [7, 11) is -1.86. The number of aliphatic hydroxyl groups excluding tert-OH is 1. The monoisotopic (exact) mass is 295 g/mol. The van der Waals surface area contributed by atoms with Gasteiger partial charge in [-0.05, 0) is 18.2 Å². The van der Waals surface area contributed by atoms with Crippen LogP contribution in [0.5, 0.6) is 0 Å². The van der Waals surface area contributed by atoms with E-state index in [9.17, 15) is 8.42 Å². The van der Waals surface area contributed by atoms with Crippen molar-refractivity contribution in [1.82, 2.24) is 14.3 Å². The molecule has 2 heterocycles. The topological polar surface area (TPSA) is 84.2 Å². The number of aliphatic hydroxyl groups is 1. The van der Waals surface area contributed by atoms with Crippen LogP contribution in [0.3, 0.4) is 0 Å². The lowest BCUT2D eigenvalue weighted by molar-refractivity contribution is 0.272. The first kappa shape index (κ1) is 14.7. The Labute approximate surface area is 118 Å². The molecule has 7 heteroatoms. The molecule has 0 saturated carbocycles. The molecule has 0 amide bonds. The predicted molar refractivity (Wildman–Crippen MR) is 74.5 cm³/mol.